The summed E-state index contributed by atoms with van der Waals surface area (Å²) in [5.74, 6) is 0. The van der Waals surface area contributed by atoms with E-state index in [1.165, 1.54) is 4.87 Å². The number of hydrogen-bond donors (Lipinski definition) is 0. The maximum atomic E-state index is 16.1. The zero-order valence-electron chi connectivity index (χ0n) is 14.5. The van der Waals surface area contributed by atoms with Gasteiger partial charge in [0.15, 0.2) is 0 Å². The molecular formula is C19H25F2Sb. The number of hydrogen-bond acceptors (Lipinski definition) is 0. The second-order valence-electron chi connectivity index (χ2n) is 6.79. The summed E-state index contributed by atoms with van der Waals surface area (Å²) in [7, 11) is 0. The molecule has 0 heterocycles. The van der Waals surface area contributed by atoms with Crippen LogP contribution in [0.3, 0.4) is 0 Å². The van der Waals surface area contributed by atoms with Crippen molar-refractivity contribution in [2.45, 2.75) is 46.4 Å². The number of rotatable bonds is 2. The van der Waals surface area contributed by atoms with Crippen molar-refractivity contribution in [1.82, 2.24) is 0 Å². The summed E-state index contributed by atoms with van der Waals surface area (Å²) in [4.78, 5) is 1.25. The van der Waals surface area contributed by atoms with Crippen LogP contribution in [-0.2, 0) is 0 Å². The van der Waals surface area contributed by atoms with Gasteiger partial charge in [0, 0.05) is 0 Å². The van der Waals surface area contributed by atoms with Gasteiger partial charge in [-0.05, 0) is 0 Å². The molecule has 22 heavy (non-hydrogen) atoms. The SMILES string of the molecule is Cc1cc(C)[c]([Sb]([CH3])([F])([F])[c]2c(C)cc(C)cc2C)c(C)c1. The van der Waals surface area contributed by atoms with Crippen molar-refractivity contribution in [2.75, 3.05) is 0 Å². The van der Waals surface area contributed by atoms with Crippen molar-refractivity contribution < 1.29 is 5.63 Å². The number of benzene rings is 2. The van der Waals surface area contributed by atoms with E-state index in [4.69, 9.17) is 0 Å². The van der Waals surface area contributed by atoms with E-state index in [2.05, 4.69) is 0 Å². The summed E-state index contributed by atoms with van der Waals surface area (Å²) in [6.07, 6.45) is 0. The quantitative estimate of drug-likeness (QED) is 0.631. The molecule has 2 aromatic carbocycles. The van der Waals surface area contributed by atoms with Crippen LogP contribution in [0, 0.1) is 41.5 Å². The topological polar surface area (TPSA) is 0 Å². The molecule has 3 heteroatoms. The van der Waals surface area contributed by atoms with Gasteiger partial charge >= 0.3 is 135 Å². The monoisotopic (exact) mass is 412 g/mol. The van der Waals surface area contributed by atoms with Crippen molar-refractivity contribution in [3.05, 3.63) is 57.6 Å². The zero-order valence-corrected chi connectivity index (χ0v) is 17.1. The first kappa shape index (κ1) is 17.5. The average Bonchev–Trinajstić information content (AvgIpc) is 2.22. The van der Waals surface area contributed by atoms with Gasteiger partial charge < -0.3 is 0 Å². The van der Waals surface area contributed by atoms with Gasteiger partial charge in [0.2, 0.25) is 0 Å². The van der Waals surface area contributed by atoms with Gasteiger partial charge in [-0.3, -0.25) is 0 Å². The van der Waals surface area contributed by atoms with E-state index in [0.29, 0.717) is 7.02 Å². The van der Waals surface area contributed by atoms with E-state index >= 15 is 5.63 Å². The van der Waals surface area contributed by atoms with E-state index in [9.17, 15) is 0 Å². The Hall–Kier alpha value is -0.882. The fraction of sp³-hybridized carbons (Fsp3) is 0.368. The summed E-state index contributed by atoms with van der Waals surface area (Å²) in [6, 6.07) is 7.54. The molecule has 0 saturated heterocycles. The average molecular weight is 413 g/mol. The first-order chi connectivity index (χ1) is 9.92. The Morgan fingerprint density at radius 2 is 0.818 bits per heavy atom. The summed E-state index contributed by atoms with van der Waals surface area (Å²) in [5.41, 5.74) is 5.00. The molecule has 0 amide bonds. The molecular weight excluding hydrogens is 388 g/mol. The van der Waals surface area contributed by atoms with Crippen molar-refractivity contribution in [2.24, 2.45) is 0 Å². The third kappa shape index (κ3) is 2.83. The molecule has 120 valence electrons. The maximum absolute atomic E-state index is 16.1. The van der Waals surface area contributed by atoms with E-state index in [1.54, 1.807) is 0 Å². The normalized spacial score (nSPS) is 13.8. The van der Waals surface area contributed by atoms with E-state index in [0.717, 1.165) is 33.4 Å². The molecule has 0 spiro atoms. The molecule has 0 nitrogen and oxygen atoms in total. The number of halogens is 2. The molecule has 2 aromatic rings. The third-order valence-corrected chi connectivity index (χ3v) is 14.1. The first-order valence-electron chi connectivity index (χ1n) is 7.54. The van der Waals surface area contributed by atoms with Gasteiger partial charge in [0.1, 0.15) is 0 Å². The molecule has 0 aromatic heterocycles. The Kier molecular flexibility index (Phi) is 4.24. The van der Waals surface area contributed by atoms with Crippen LogP contribution in [0.4, 0.5) is 5.63 Å². The van der Waals surface area contributed by atoms with Crippen LogP contribution in [0.25, 0.3) is 0 Å². The van der Waals surface area contributed by atoms with Gasteiger partial charge in [0.05, 0.1) is 0 Å². The molecule has 0 aliphatic heterocycles. The Labute approximate surface area is 135 Å². The van der Waals surface area contributed by atoms with Crippen LogP contribution >= 0.6 is 0 Å². The molecule has 0 saturated carbocycles. The van der Waals surface area contributed by atoms with Gasteiger partial charge in [0.25, 0.3) is 0 Å². The zero-order chi connectivity index (χ0) is 16.9. The van der Waals surface area contributed by atoms with Crippen molar-refractivity contribution in [3.63, 3.8) is 0 Å². The van der Waals surface area contributed by atoms with Gasteiger partial charge in [-0.25, -0.2) is 0 Å². The molecule has 0 unspecified atom stereocenters. The molecule has 0 aliphatic carbocycles. The summed E-state index contributed by atoms with van der Waals surface area (Å²) in [6.45, 7) is 11.2. The van der Waals surface area contributed by atoms with Gasteiger partial charge in [-0.15, -0.1) is 0 Å². The molecule has 0 atom stereocenters. The van der Waals surface area contributed by atoms with E-state index in [1.807, 2.05) is 65.8 Å². The Morgan fingerprint density at radius 1 is 0.591 bits per heavy atom. The second kappa shape index (κ2) is 5.34. The Morgan fingerprint density at radius 3 is 1.05 bits per heavy atom. The minimum absolute atomic E-state index is 0.327. The predicted octanol–water partition coefficient (Wildman–Crippen LogP) is 4.62. The standard InChI is InChI=1S/2C9H11.CH3.2FH.Sb/c2*1-7-4-8(2)6-9(3)5-7;;;;/h2*4-5H,1-3H3;1H3;2*1H;/q;;;;;+2/p-2. The van der Waals surface area contributed by atoms with Crippen molar-refractivity contribution in [1.29, 1.82) is 0 Å². The summed E-state index contributed by atoms with van der Waals surface area (Å²) >= 11 is -6.12. The van der Waals surface area contributed by atoms with Crippen LogP contribution in [-0.4, -0.2) is 18.6 Å². The molecule has 0 aliphatic rings. The molecule has 0 bridgehead atoms. The predicted molar refractivity (Wildman–Crippen MR) is 94.4 cm³/mol. The molecule has 0 fully saturated rings. The summed E-state index contributed by atoms with van der Waals surface area (Å²) in [5, 5.41) is 0. The second-order valence-corrected chi connectivity index (χ2v) is 16.8. The fourth-order valence-electron chi connectivity index (χ4n) is 4.05. The van der Waals surface area contributed by atoms with Crippen LogP contribution < -0.4 is 7.02 Å². The van der Waals surface area contributed by atoms with Crippen molar-refractivity contribution >= 4 is 25.6 Å². The molecule has 0 N–H and O–H groups in total. The Balaban J connectivity index is 2.88. The minimum atomic E-state index is -6.12. The van der Waals surface area contributed by atoms with Crippen LogP contribution in [0.1, 0.15) is 33.4 Å². The first-order valence-corrected chi connectivity index (χ1v) is 14.6. The van der Waals surface area contributed by atoms with Crippen LogP contribution in [0.15, 0.2) is 24.3 Å². The number of aryl methyl sites for hydroxylation is 6. The summed E-state index contributed by atoms with van der Waals surface area (Å²) < 4.78 is 32.8. The van der Waals surface area contributed by atoms with E-state index in [-0.39, 0.29) is 0 Å². The van der Waals surface area contributed by atoms with Crippen LogP contribution in [0.2, 0.25) is 4.87 Å². The third-order valence-electron chi connectivity index (χ3n) is 4.28. The molecule has 2 rings (SSSR count). The molecule has 0 radical (unpaired) electrons. The van der Waals surface area contributed by atoms with E-state index < -0.39 is 18.6 Å². The van der Waals surface area contributed by atoms with Crippen LogP contribution in [0.5, 0.6) is 0 Å². The Bertz CT molecular complexity index is 644. The van der Waals surface area contributed by atoms with Crippen molar-refractivity contribution in [3.8, 4) is 0 Å². The fourth-order valence-corrected chi connectivity index (χ4v) is 14.5. The van der Waals surface area contributed by atoms with Gasteiger partial charge in [-0.1, -0.05) is 0 Å². The van der Waals surface area contributed by atoms with Gasteiger partial charge in [-0.2, -0.15) is 0 Å².